The summed E-state index contributed by atoms with van der Waals surface area (Å²) in [5.74, 6) is 6.02. The van der Waals surface area contributed by atoms with Crippen LogP contribution in [0.1, 0.15) is 19.0 Å². The number of hydrogen-bond donors (Lipinski definition) is 2. The van der Waals surface area contributed by atoms with Gasteiger partial charge in [0.25, 0.3) is 0 Å². The first kappa shape index (κ1) is 16.2. The predicted octanol–water partition coefficient (Wildman–Crippen LogP) is 1.79. The number of likely N-dealkylation sites (N-methyl/N-ethyl adjacent to an activating group) is 1. The fourth-order valence-corrected chi connectivity index (χ4v) is 1.98. The van der Waals surface area contributed by atoms with E-state index in [1.54, 1.807) is 6.07 Å². The Labute approximate surface area is 120 Å². The largest absolute Gasteiger partial charge is 0.308 e. The number of nitrogens with one attached hydrogen (secondary N) is 1. The van der Waals surface area contributed by atoms with E-state index in [0.717, 1.165) is 38.3 Å². The van der Waals surface area contributed by atoms with Gasteiger partial charge in [0, 0.05) is 19.6 Å². The Balaban J connectivity index is 2.71. The number of rotatable bonds is 8. The third kappa shape index (κ3) is 5.74. The van der Waals surface area contributed by atoms with Crippen molar-refractivity contribution in [1.82, 2.24) is 14.8 Å². The first-order valence-corrected chi connectivity index (χ1v) is 6.93. The third-order valence-electron chi connectivity index (χ3n) is 2.84. The minimum Gasteiger partial charge on any atom is -0.308 e. The van der Waals surface area contributed by atoms with Gasteiger partial charge in [0.05, 0.1) is 10.7 Å². The van der Waals surface area contributed by atoms with Crippen molar-refractivity contribution in [3.05, 3.63) is 22.8 Å². The first-order chi connectivity index (χ1) is 9.06. The van der Waals surface area contributed by atoms with Crippen molar-refractivity contribution >= 4 is 17.4 Å². The molecule has 108 valence electrons. The normalized spacial score (nSPS) is 11.3. The molecule has 0 aliphatic carbocycles. The number of nitrogen functional groups attached to an aromatic ring is 1. The number of pyridine rings is 1. The zero-order chi connectivity index (χ0) is 14.3. The zero-order valence-corrected chi connectivity index (χ0v) is 12.7. The minimum atomic E-state index is 0.642. The minimum absolute atomic E-state index is 0.642. The summed E-state index contributed by atoms with van der Waals surface area (Å²) < 4.78 is 0. The van der Waals surface area contributed by atoms with Crippen molar-refractivity contribution in [3.8, 4) is 0 Å². The SMILES string of the molecule is CCCN(CCN(C)C)Cc1nc(NN)ccc1Cl. The standard InChI is InChI=1S/C13H24ClN5/c1-4-7-19(9-8-18(2)3)10-12-11(14)5-6-13(16-12)17-15/h5-6H,4,7-10,15H2,1-3H3,(H,16,17). The number of aromatic nitrogens is 1. The summed E-state index contributed by atoms with van der Waals surface area (Å²) in [4.78, 5) is 8.95. The van der Waals surface area contributed by atoms with Crippen LogP contribution in [0.2, 0.25) is 5.02 Å². The molecular weight excluding hydrogens is 262 g/mol. The summed E-state index contributed by atoms with van der Waals surface area (Å²) in [5.41, 5.74) is 3.42. The summed E-state index contributed by atoms with van der Waals surface area (Å²) in [5, 5.41) is 0.685. The summed E-state index contributed by atoms with van der Waals surface area (Å²) in [7, 11) is 4.16. The summed E-state index contributed by atoms with van der Waals surface area (Å²) in [6, 6.07) is 3.60. The number of anilines is 1. The van der Waals surface area contributed by atoms with Crippen LogP contribution in [0.15, 0.2) is 12.1 Å². The maximum atomic E-state index is 6.19. The molecule has 3 N–H and O–H groups in total. The molecule has 0 radical (unpaired) electrons. The molecule has 0 atom stereocenters. The van der Waals surface area contributed by atoms with Gasteiger partial charge in [-0.05, 0) is 39.2 Å². The maximum absolute atomic E-state index is 6.19. The summed E-state index contributed by atoms with van der Waals surface area (Å²) >= 11 is 6.19. The quantitative estimate of drug-likeness (QED) is 0.563. The fourth-order valence-electron chi connectivity index (χ4n) is 1.81. The average Bonchev–Trinajstić information content (AvgIpc) is 2.38. The molecule has 0 aromatic carbocycles. The van der Waals surface area contributed by atoms with Crippen molar-refractivity contribution < 1.29 is 0 Å². The van der Waals surface area contributed by atoms with Crippen LogP contribution in [0.3, 0.4) is 0 Å². The summed E-state index contributed by atoms with van der Waals surface area (Å²) in [6.45, 7) is 5.98. The fraction of sp³-hybridized carbons (Fsp3) is 0.615. The average molecular weight is 286 g/mol. The molecule has 1 aromatic rings. The molecule has 6 heteroatoms. The Morgan fingerprint density at radius 2 is 2.00 bits per heavy atom. The van der Waals surface area contributed by atoms with Gasteiger partial charge in [-0.3, -0.25) is 4.90 Å². The molecule has 0 spiro atoms. The lowest BCUT2D eigenvalue weighted by atomic mass is 10.3. The summed E-state index contributed by atoms with van der Waals surface area (Å²) in [6.07, 6.45) is 1.11. The van der Waals surface area contributed by atoms with Crippen molar-refractivity contribution in [2.75, 3.05) is 39.2 Å². The molecular formula is C13H24ClN5. The Bertz CT molecular complexity index is 383. The van der Waals surface area contributed by atoms with Gasteiger partial charge < -0.3 is 10.3 Å². The van der Waals surface area contributed by atoms with E-state index in [9.17, 15) is 0 Å². The van der Waals surface area contributed by atoms with Crippen molar-refractivity contribution in [2.45, 2.75) is 19.9 Å². The van der Waals surface area contributed by atoms with Crippen molar-refractivity contribution in [2.24, 2.45) is 5.84 Å². The molecule has 0 aliphatic heterocycles. The van der Waals surface area contributed by atoms with E-state index >= 15 is 0 Å². The van der Waals surface area contributed by atoms with Crippen LogP contribution >= 0.6 is 11.6 Å². The Hall–Kier alpha value is -0.880. The van der Waals surface area contributed by atoms with Crippen LogP contribution in [-0.2, 0) is 6.54 Å². The van der Waals surface area contributed by atoms with Gasteiger partial charge in [-0.2, -0.15) is 0 Å². The molecule has 5 nitrogen and oxygen atoms in total. The molecule has 0 amide bonds. The number of hydrazine groups is 1. The molecule has 0 unspecified atom stereocenters. The topological polar surface area (TPSA) is 57.4 Å². The third-order valence-corrected chi connectivity index (χ3v) is 3.19. The highest BCUT2D eigenvalue weighted by molar-refractivity contribution is 6.31. The molecule has 0 fully saturated rings. The van der Waals surface area contributed by atoms with Crippen molar-refractivity contribution in [1.29, 1.82) is 0 Å². The van der Waals surface area contributed by atoms with Crippen molar-refractivity contribution in [3.63, 3.8) is 0 Å². The monoisotopic (exact) mass is 285 g/mol. The highest BCUT2D eigenvalue weighted by atomic mass is 35.5. The second-order valence-electron chi connectivity index (χ2n) is 4.85. The van der Waals surface area contributed by atoms with Gasteiger partial charge in [-0.1, -0.05) is 18.5 Å². The molecule has 0 aliphatic rings. The number of nitrogens with zero attached hydrogens (tertiary/aromatic N) is 3. The van der Waals surface area contributed by atoms with Gasteiger partial charge in [0.15, 0.2) is 0 Å². The first-order valence-electron chi connectivity index (χ1n) is 6.56. The number of hydrogen-bond acceptors (Lipinski definition) is 5. The maximum Gasteiger partial charge on any atom is 0.140 e. The molecule has 19 heavy (non-hydrogen) atoms. The van der Waals surface area contributed by atoms with Gasteiger partial charge in [0.2, 0.25) is 0 Å². The van der Waals surface area contributed by atoms with Gasteiger partial charge >= 0.3 is 0 Å². The lowest BCUT2D eigenvalue weighted by Gasteiger charge is -2.23. The van der Waals surface area contributed by atoms with Crippen LogP contribution < -0.4 is 11.3 Å². The molecule has 1 heterocycles. The Morgan fingerprint density at radius 1 is 1.26 bits per heavy atom. The van der Waals surface area contributed by atoms with E-state index < -0.39 is 0 Å². The van der Waals surface area contributed by atoms with E-state index in [0.29, 0.717) is 10.8 Å². The van der Waals surface area contributed by atoms with Crippen LogP contribution in [0, 0.1) is 0 Å². The van der Waals surface area contributed by atoms with Crippen LogP contribution in [0.25, 0.3) is 0 Å². The smallest absolute Gasteiger partial charge is 0.140 e. The lowest BCUT2D eigenvalue weighted by Crippen LogP contribution is -2.32. The second kappa shape index (κ2) is 8.32. The van der Waals surface area contributed by atoms with E-state index in [1.165, 1.54) is 0 Å². The van der Waals surface area contributed by atoms with E-state index in [4.69, 9.17) is 17.4 Å². The van der Waals surface area contributed by atoms with E-state index in [2.05, 4.69) is 41.2 Å². The van der Waals surface area contributed by atoms with E-state index in [1.807, 2.05) is 6.07 Å². The molecule has 1 rings (SSSR count). The Kier molecular flexibility index (Phi) is 7.09. The van der Waals surface area contributed by atoms with Gasteiger partial charge in [-0.25, -0.2) is 10.8 Å². The zero-order valence-electron chi connectivity index (χ0n) is 12.0. The van der Waals surface area contributed by atoms with Gasteiger partial charge in [0.1, 0.15) is 5.82 Å². The van der Waals surface area contributed by atoms with E-state index in [-0.39, 0.29) is 0 Å². The lowest BCUT2D eigenvalue weighted by molar-refractivity contribution is 0.232. The predicted molar refractivity (Wildman–Crippen MR) is 81.2 cm³/mol. The molecule has 0 saturated carbocycles. The van der Waals surface area contributed by atoms with Gasteiger partial charge in [-0.15, -0.1) is 0 Å². The highest BCUT2D eigenvalue weighted by Crippen LogP contribution is 2.18. The molecule has 1 aromatic heterocycles. The number of nitrogens with two attached hydrogens (primary N) is 1. The second-order valence-corrected chi connectivity index (χ2v) is 5.26. The highest BCUT2D eigenvalue weighted by Gasteiger charge is 2.10. The van der Waals surface area contributed by atoms with Crippen LogP contribution in [0.4, 0.5) is 5.82 Å². The van der Waals surface area contributed by atoms with Crippen LogP contribution in [-0.4, -0.2) is 48.5 Å². The number of halogens is 1. The Morgan fingerprint density at radius 3 is 2.58 bits per heavy atom. The molecule has 0 saturated heterocycles. The molecule has 0 bridgehead atoms. The van der Waals surface area contributed by atoms with Crippen LogP contribution in [0.5, 0.6) is 0 Å².